The van der Waals surface area contributed by atoms with Crippen LogP contribution in [0, 0.1) is 5.82 Å². The Bertz CT molecular complexity index is 1340. The minimum Gasteiger partial charge on any atom is -0.507 e. The van der Waals surface area contributed by atoms with Gasteiger partial charge in [0.25, 0.3) is 0 Å². The minimum absolute atomic E-state index is 0.0943. The van der Waals surface area contributed by atoms with Crippen molar-refractivity contribution in [2.45, 2.75) is 13.3 Å². The first-order chi connectivity index (χ1) is 14.6. The van der Waals surface area contributed by atoms with Crippen LogP contribution < -0.4 is 0 Å². The molecule has 0 spiro atoms. The third-order valence-corrected chi connectivity index (χ3v) is 6.18. The van der Waals surface area contributed by atoms with E-state index < -0.39 is 5.82 Å². The summed E-state index contributed by atoms with van der Waals surface area (Å²) >= 11 is 1.61. The van der Waals surface area contributed by atoms with Gasteiger partial charge in [0.05, 0.1) is 23.1 Å². The van der Waals surface area contributed by atoms with E-state index in [9.17, 15) is 9.50 Å². The molecule has 0 bridgehead atoms. The zero-order valence-electron chi connectivity index (χ0n) is 16.1. The predicted octanol–water partition coefficient (Wildman–Crippen LogP) is 5.82. The monoisotopic (exact) mass is 416 g/mol. The first-order valence-electron chi connectivity index (χ1n) is 9.51. The summed E-state index contributed by atoms with van der Waals surface area (Å²) < 4.78 is 14.3. The summed E-state index contributed by atoms with van der Waals surface area (Å²) in [5.41, 5.74) is 4.22. The number of hydrogen-bond acceptors (Lipinski definition) is 5. The van der Waals surface area contributed by atoms with E-state index in [1.165, 1.54) is 18.2 Å². The van der Waals surface area contributed by atoms with Gasteiger partial charge in [0, 0.05) is 33.7 Å². The third-order valence-electron chi connectivity index (χ3n) is 4.96. The van der Waals surface area contributed by atoms with Crippen LogP contribution in [0.4, 0.5) is 4.39 Å². The molecule has 0 aliphatic rings. The number of thiazole rings is 1. The van der Waals surface area contributed by atoms with Gasteiger partial charge in [-0.25, -0.2) is 9.37 Å². The number of benzene rings is 2. The molecule has 3 aromatic heterocycles. The molecule has 30 heavy (non-hydrogen) atoms. The fraction of sp³-hybridized carbons (Fsp3) is 0.0870. The molecular formula is C23H17FN4OS. The summed E-state index contributed by atoms with van der Waals surface area (Å²) in [6.45, 7) is 2.10. The van der Waals surface area contributed by atoms with Crippen molar-refractivity contribution >= 4 is 22.2 Å². The Kier molecular flexibility index (Phi) is 4.52. The van der Waals surface area contributed by atoms with Gasteiger partial charge < -0.3 is 10.1 Å². The quantitative estimate of drug-likeness (QED) is 0.387. The maximum Gasteiger partial charge on any atom is 0.144 e. The average Bonchev–Trinajstić information content (AvgIpc) is 3.38. The van der Waals surface area contributed by atoms with Gasteiger partial charge in [0.15, 0.2) is 0 Å². The number of H-pyrrole nitrogens is 1. The van der Waals surface area contributed by atoms with Gasteiger partial charge in [-0.1, -0.05) is 19.1 Å². The average molecular weight is 416 g/mol. The Hall–Kier alpha value is -3.58. The first kappa shape index (κ1) is 18.4. The van der Waals surface area contributed by atoms with Crippen molar-refractivity contribution in [3.05, 3.63) is 71.7 Å². The molecule has 3 heterocycles. The van der Waals surface area contributed by atoms with E-state index in [1.807, 2.05) is 24.3 Å². The van der Waals surface area contributed by atoms with Crippen LogP contribution in [0.15, 0.2) is 61.1 Å². The lowest BCUT2D eigenvalue weighted by atomic mass is 10.1. The summed E-state index contributed by atoms with van der Waals surface area (Å²) in [5.74, 6) is -0.564. The number of aromatic nitrogens is 4. The van der Waals surface area contributed by atoms with E-state index in [0.717, 1.165) is 44.2 Å². The zero-order chi connectivity index (χ0) is 20.7. The normalized spacial score (nSPS) is 11.3. The van der Waals surface area contributed by atoms with Gasteiger partial charge in [-0.2, -0.15) is 0 Å². The summed E-state index contributed by atoms with van der Waals surface area (Å²) in [6.07, 6.45) is 5.87. The molecule has 0 radical (unpaired) electrons. The molecule has 0 atom stereocenters. The summed E-state index contributed by atoms with van der Waals surface area (Å²) in [7, 11) is 0. The van der Waals surface area contributed by atoms with Crippen LogP contribution in [0.25, 0.3) is 44.1 Å². The number of aryl methyl sites for hydroxylation is 1. The molecule has 0 unspecified atom stereocenters. The molecule has 5 aromatic rings. The standard InChI is InChI=1S/C23H17FN4OS/c1-2-20-22(28-23(30-20)18-12-25-8-9-26-18)13-6-7-16-14(10-13)11-17(27-16)21-15(24)4-3-5-19(21)29/h3-12,27,29H,2H2,1H3. The minimum atomic E-state index is -0.469. The molecule has 148 valence electrons. The van der Waals surface area contributed by atoms with Crippen LogP contribution >= 0.6 is 11.3 Å². The van der Waals surface area contributed by atoms with Crippen LogP contribution in [-0.4, -0.2) is 25.0 Å². The highest BCUT2D eigenvalue weighted by atomic mass is 32.1. The largest absolute Gasteiger partial charge is 0.507 e. The molecule has 0 saturated heterocycles. The second-order valence-electron chi connectivity index (χ2n) is 6.85. The van der Waals surface area contributed by atoms with Gasteiger partial charge in [-0.3, -0.25) is 9.97 Å². The van der Waals surface area contributed by atoms with E-state index >= 15 is 0 Å². The Morgan fingerprint density at radius 3 is 2.80 bits per heavy atom. The molecule has 2 aromatic carbocycles. The second kappa shape index (κ2) is 7.35. The van der Waals surface area contributed by atoms with Gasteiger partial charge in [-0.05, 0) is 36.8 Å². The number of nitrogens with zero attached hydrogens (tertiary/aromatic N) is 3. The van der Waals surface area contributed by atoms with Gasteiger partial charge in [-0.15, -0.1) is 11.3 Å². The molecular weight excluding hydrogens is 399 g/mol. The molecule has 7 heteroatoms. The van der Waals surface area contributed by atoms with E-state index in [-0.39, 0.29) is 11.3 Å². The van der Waals surface area contributed by atoms with E-state index in [0.29, 0.717) is 5.69 Å². The lowest BCUT2D eigenvalue weighted by Gasteiger charge is -2.02. The SMILES string of the molecule is CCc1sc(-c2cnccn2)nc1-c1ccc2[nH]c(-c3c(O)cccc3F)cc2c1. The van der Waals surface area contributed by atoms with Crippen LogP contribution in [0.2, 0.25) is 0 Å². The third kappa shape index (κ3) is 3.13. The van der Waals surface area contributed by atoms with Crippen molar-refractivity contribution in [3.8, 4) is 39.0 Å². The second-order valence-corrected chi connectivity index (χ2v) is 7.94. The lowest BCUT2D eigenvalue weighted by molar-refractivity contribution is 0.472. The number of hydrogen-bond donors (Lipinski definition) is 2. The molecule has 0 saturated carbocycles. The Morgan fingerprint density at radius 2 is 2.03 bits per heavy atom. The molecule has 0 aliphatic carbocycles. The number of fused-ring (bicyclic) bond motifs is 1. The molecule has 0 amide bonds. The number of phenolic OH excluding ortho intramolecular Hbond substituents is 1. The lowest BCUT2D eigenvalue weighted by Crippen LogP contribution is -1.85. The summed E-state index contributed by atoms with van der Waals surface area (Å²) in [6, 6.07) is 12.1. The zero-order valence-corrected chi connectivity index (χ0v) is 16.9. The highest BCUT2D eigenvalue weighted by molar-refractivity contribution is 7.15. The Balaban J connectivity index is 1.60. The number of phenols is 1. The summed E-state index contributed by atoms with van der Waals surface area (Å²) in [5, 5.41) is 11.9. The molecule has 5 nitrogen and oxygen atoms in total. The number of aromatic amines is 1. The van der Waals surface area contributed by atoms with Crippen LogP contribution in [0.5, 0.6) is 5.75 Å². The van der Waals surface area contributed by atoms with Gasteiger partial charge >= 0.3 is 0 Å². The van der Waals surface area contributed by atoms with Crippen molar-refractivity contribution in [2.24, 2.45) is 0 Å². The number of aromatic hydroxyl groups is 1. The molecule has 0 fully saturated rings. The van der Waals surface area contributed by atoms with Crippen molar-refractivity contribution in [3.63, 3.8) is 0 Å². The number of nitrogens with one attached hydrogen (secondary N) is 1. The van der Waals surface area contributed by atoms with Gasteiger partial charge in [0.1, 0.15) is 22.3 Å². The Morgan fingerprint density at radius 1 is 1.13 bits per heavy atom. The van der Waals surface area contributed by atoms with E-state index in [1.54, 1.807) is 29.9 Å². The fourth-order valence-corrected chi connectivity index (χ4v) is 4.51. The highest BCUT2D eigenvalue weighted by Gasteiger charge is 2.16. The smallest absolute Gasteiger partial charge is 0.144 e. The predicted molar refractivity (Wildman–Crippen MR) is 117 cm³/mol. The van der Waals surface area contributed by atoms with Crippen LogP contribution in [0.1, 0.15) is 11.8 Å². The maximum absolute atomic E-state index is 14.3. The number of rotatable bonds is 4. The first-order valence-corrected chi connectivity index (χ1v) is 10.3. The maximum atomic E-state index is 14.3. The van der Waals surface area contributed by atoms with Crippen LogP contribution in [0.3, 0.4) is 0 Å². The molecule has 2 N–H and O–H groups in total. The van der Waals surface area contributed by atoms with Crippen molar-refractivity contribution in [2.75, 3.05) is 0 Å². The van der Waals surface area contributed by atoms with E-state index in [2.05, 4.69) is 21.9 Å². The molecule has 0 aliphatic heterocycles. The Labute approximate surface area is 175 Å². The highest BCUT2D eigenvalue weighted by Crippen LogP contribution is 2.37. The topological polar surface area (TPSA) is 74.7 Å². The summed E-state index contributed by atoms with van der Waals surface area (Å²) in [4.78, 5) is 17.7. The van der Waals surface area contributed by atoms with Crippen molar-refractivity contribution < 1.29 is 9.50 Å². The van der Waals surface area contributed by atoms with Gasteiger partial charge in [0.2, 0.25) is 0 Å². The fourth-order valence-electron chi connectivity index (χ4n) is 3.53. The van der Waals surface area contributed by atoms with Crippen molar-refractivity contribution in [1.82, 2.24) is 19.9 Å². The number of halogens is 1. The van der Waals surface area contributed by atoms with E-state index in [4.69, 9.17) is 4.98 Å². The van der Waals surface area contributed by atoms with Crippen molar-refractivity contribution in [1.29, 1.82) is 0 Å². The van der Waals surface area contributed by atoms with Crippen LogP contribution in [-0.2, 0) is 6.42 Å². The molecule has 5 rings (SSSR count).